The van der Waals surface area contributed by atoms with Gasteiger partial charge in [-0.2, -0.15) is 16.9 Å². The third-order valence-electron chi connectivity index (χ3n) is 2.01. The molecule has 0 saturated heterocycles. The second-order valence-corrected chi connectivity index (χ2v) is 4.30. The van der Waals surface area contributed by atoms with Crippen LogP contribution in [-0.2, 0) is 4.79 Å². The molecule has 0 fully saturated rings. The van der Waals surface area contributed by atoms with E-state index in [1.807, 2.05) is 6.26 Å². The van der Waals surface area contributed by atoms with Gasteiger partial charge in [-0.15, -0.1) is 0 Å². The van der Waals surface area contributed by atoms with Crippen LogP contribution in [0.4, 0.5) is 10.5 Å². The Morgan fingerprint density at radius 1 is 1.65 bits per heavy atom. The SMILES string of the molecule is CSCCC(NC(N)=O)C(=O)Nc1cn[nH]c1. The average molecular weight is 257 g/mol. The summed E-state index contributed by atoms with van der Waals surface area (Å²) < 4.78 is 0. The topological polar surface area (TPSA) is 113 Å². The molecule has 3 amide bonds. The first kappa shape index (κ1) is 13.4. The number of thioether (sulfide) groups is 1. The second kappa shape index (κ2) is 6.79. The van der Waals surface area contributed by atoms with E-state index in [4.69, 9.17) is 5.73 Å². The molecule has 0 spiro atoms. The minimum Gasteiger partial charge on any atom is -0.352 e. The van der Waals surface area contributed by atoms with Crippen molar-refractivity contribution in [2.45, 2.75) is 12.5 Å². The highest BCUT2D eigenvalue weighted by atomic mass is 32.2. The molecule has 0 aromatic carbocycles. The van der Waals surface area contributed by atoms with E-state index in [0.29, 0.717) is 12.1 Å². The number of hydrogen-bond acceptors (Lipinski definition) is 4. The van der Waals surface area contributed by atoms with Crippen LogP contribution in [0.3, 0.4) is 0 Å². The first-order chi connectivity index (χ1) is 8.13. The Labute approximate surface area is 103 Å². The molecule has 1 aromatic heterocycles. The number of primary amides is 1. The van der Waals surface area contributed by atoms with Gasteiger partial charge in [-0.25, -0.2) is 4.79 Å². The number of hydrogen-bond donors (Lipinski definition) is 4. The van der Waals surface area contributed by atoms with E-state index in [-0.39, 0.29) is 5.91 Å². The molecule has 0 bridgehead atoms. The van der Waals surface area contributed by atoms with Crippen molar-refractivity contribution >= 4 is 29.4 Å². The Kier molecular flexibility index (Phi) is 5.34. The number of urea groups is 1. The number of aromatic amines is 1. The molecule has 8 heteroatoms. The van der Waals surface area contributed by atoms with E-state index in [1.165, 1.54) is 6.20 Å². The summed E-state index contributed by atoms with van der Waals surface area (Å²) >= 11 is 1.59. The summed E-state index contributed by atoms with van der Waals surface area (Å²) in [6.45, 7) is 0. The summed E-state index contributed by atoms with van der Waals surface area (Å²) in [5, 5.41) is 11.3. The van der Waals surface area contributed by atoms with Crippen LogP contribution >= 0.6 is 11.8 Å². The predicted octanol–water partition coefficient (Wildman–Crippen LogP) is 0.138. The average Bonchev–Trinajstić information content (AvgIpc) is 2.76. The van der Waals surface area contributed by atoms with Crippen molar-refractivity contribution in [3.05, 3.63) is 12.4 Å². The Balaban J connectivity index is 2.55. The van der Waals surface area contributed by atoms with Gasteiger partial charge in [-0.05, 0) is 18.4 Å². The third-order valence-corrected chi connectivity index (χ3v) is 2.65. The number of aromatic nitrogens is 2. The first-order valence-corrected chi connectivity index (χ1v) is 6.37. The Morgan fingerprint density at radius 3 is 2.94 bits per heavy atom. The fraction of sp³-hybridized carbons (Fsp3) is 0.444. The van der Waals surface area contributed by atoms with Gasteiger partial charge in [0, 0.05) is 6.20 Å². The van der Waals surface area contributed by atoms with Gasteiger partial charge in [0.1, 0.15) is 6.04 Å². The van der Waals surface area contributed by atoms with Crippen LogP contribution < -0.4 is 16.4 Å². The summed E-state index contributed by atoms with van der Waals surface area (Å²) in [7, 11) is 0. The molecule has 0 saturated carbocycles. The summed E-state index contributed by atoms with van der Waals surface area (Å²) in [6, 6.07) is -1.34. The van der Waals surface area contributed by atoms with Crippen molar-refractivity contribution in [3.8, 4) is 0 Å². The largest absolute Gasteiger partial charge is 0.352 e. The van der Waals surface area contributed by atoms with Gasteiger partial charge in [0.25, 0.3) is 0 Å². The van der Waals surface area contributed by atoms with Crippen LogP contribution in [0.1, 0.15) is 6.42 Å². The fourth-order valence-corrected chi connectivity index (χ4v) is 1.70. The van der Waals surface area contributed by atoms with Gasteiger partial charge in [-0.1, -0.05) is 0 Å². The Bertz CT molecular complexity index is 367. The number of H-pyrrole nitrogens is 1. The van der Waals surface area contributed by atoms with E-state index in [2.05, 4.69) is 20.8 Å². The zero-order chi connectivity index (χ0) is 12.7. The van der Waals surface area contributed by atoms with E-state index < -0.39 is 12.1 Å². The van der Waals surface area contributed by atoms with Gasteiger partial charge in [0.05, 0.1) is 11.9 Å². The highest BCUT2D eigenvalue weighted by molar-refractivity contribution is 7.98. The van der Waals surface area contributed by atoms with Crippen molar-refractivity contribution in [2.75, 3.05) is 17.3 Å². The van der Waals surface area contributed by atoms with E-state index in [9.17, 15) is 9.59 Å². The van der Waals surface area contributed by atoms with Gasteiger partial charge >= 0.3 is 6.03 Å². The van der Waals surface area contributed by atoms with Crippen molar-refractivity contribution in [1.82, 2.24) is 15.5 Å². The third kappa shape index (κ3) is 4.77. The van der Waals surface area contributed by atoms with Crippen LogP contribution in [0, 0.1) is 0 Å². The van der Waals surface area contributed by atoms with Crippen LogP contribution in [0.5, 0.6) is 0 Å². The maximum atomic E-state index is 11.8. The molecule has 1 unspecified atom stereocenters. The Hall–Kier alpha value is -1.70. The van der Waals surface area contributed by atoms with Gasteiger partial charge in [0.15, 0.2) is 0 Å². The molecule has 1 aromatic rings. The minimum absolute atomic E-state index is 0.306. The minimum atomic E-state index is -0.710. The van der Waals surface area contributed by atoms with Crippen LogP contribution in [0.2, 0.25) is 0 Å². The summed E-state index contributed by atoms with van der Waals surface area (Å²) in [4.78, 5) is 22.6. The number of carbonyl (C=O) groups is 2. The van der Waals surface area contributed by atoms with Crippen LogP contribution in [0.15, 0.2) is 12.4 Å². The number of nitrogens with one attached hydrogen (secondary N) is 3. The highest BCUT2D eigenvalue weighted by Gasteiger charge is 2.19. The molecular weight excluding hydrogens is 242 g/mol. The molecule has 1 heterocycles. The fourth-order valence-electron chi connectivity index (χ4n) is 1.22. The molecule has 1 atom stereocenters. The normalized spacial score (nSPS) is 11.8. The zero-order valence-electron chi connectivity index (χ0n) is 9.40. The number of carbonyl (C=O) groups excluding carboxylic acids is 2. The number of anilines is 1. The van der Waals surface area contributed by atoms with Crippen molar-refractivity contribution < 1.29 is 9.59 Å². The molecule has 0 radical (unpaired) electrons. The molecule has 0 aliphatic heterocycles. The zero-order valence-corrected chi connectivity index (χ0v) is 10.2. The van der Waals surface area contributed by atoms with Crippen LogP contribution in [0.25, 0.3) is 0 Å². The summed E-state index contributed by atoms with van der Waals surface area (Å²) in [5.41, 5.74) is 5.57. The molecule has 94 valence electrons. The molecule has 0 aliphatic carbocycles. The molecule has 17 heavy (non-hydrogen) atoms. The molecule has 5 N–H and O–H groups in total. The van der Waals surface area contributed by atoms with E-state index in [0.717, 1.165) is 5.75 Å². The number of nitrogens with zero attached hydrogens (tertiary/aromatic N) is 1. The highest BCUT2D eigenvalue weighted by Crippen LogP contribution is 2.06. The second-order valence-electron chi connectivity index (χ2n) is 3.32. The van der Waals surface area contributed by atoms with Crippen molar-refractivity contribution in [2.24, 2.45) is 5.73 Å². The molecular formula is C9H15N5O2S. The summed E-state index contributed by atoms with van der Waals surface area (Å²) in [5.74, 6) is 0.447. The standard InChI is InChI=1S/C9H15N5O2S/c1-17-3-2-7(14-9(10)16)8(15)13-6-4-11-12-5-6/h4-5,7H,2-3H2,1H3,(H,11,12)(H,13,15)(H3,10,14,16). The van der Waals surface area contributed by atoms with Gasteiger partial charge in [-0.3, -0.25) is 9.89 Å². The maximum Gasteiger partial charge on any atom is 0.312 e. The lowest BCUT2D eigenvalue weighted by Crippen LogP contribution is -2.46. The lowest BCUT2D eigenvalue weighted by atomic mass is 10.2. The van der Waals surface area contributed by atoms with Crippen LogP contribution in [-0.4, -0.2) is 40.2 Å². The van der Waals surface area contributed by atoms with Gasteiger partial charge in [0.2, 0.25) is 5.91 Å². The lowest BCUT2D eigenvalue weighted by Gasteiger charge is -2.15. The van der Waals surface area contributed by atoms with Gasteiger partial charge < -0.3 is 16.4 Å². The number of amides is 3. The summed E-state index contributed by atoms with van der Waals surface area (Å²) in [6.07, 6.45) is 5.48. The lowest BCUT2D eigenvalue weighted by molar-refractivity contribution is -0.117. The quantitative estimate of drug-likeness (QED) is 0.580. The number of rotatable bonds is 6. The first-order valence-electron chi connectivity index (χ1n) is 4.98. The molecule has 0 aliphatic rings. The predicted molar refractivity (Wildman–Crippen MR) is 66.7 cm³/mol. The van der Waals surface area contributed by atoms with E-state index in [1.54, 1.807) is 18.0 Å². The molecule has 7 nitrogen and oxygen atoms in total. The van der Waals surface area contributed by atoms with E-state index >= 15 is 0 Å². The smallest absolute Gasteiger partial charge is 0.312 e. The number of nitrogens with two attached hydrogens (primary N) is 1. The molecule has 1 rings (SSSR count). The monoisotopic (exact) mass is 257 g/mol. The maximum absolute atomic E-state index is 11.8. The Morgan fingerprint density at radius 2 is 2.41 bits per heavy atom. The van der Waals surface area contributed by atoms with Crippen molar-refractivity contribution in [3.63, 3.8) is 0 Å². The van der Waals surface area contributed by atoms with Crippen molar-refractivity contribution in [1.29, 1.82) is 0 Å².